The first kappa shape index (κ1) is 42.3. The number of benzene rings is 3. The molecular weight excluding hydrogens is 653 g/mol. The lowest BCUT2D eigenvalue weighted by atomic mass is 9.86. The maximum atomic E-state index is 14.9. The SMILES string of the molecule is C=C.C=C(c1ccc(C(C)(F)F)cc1OCC)N(C(=O)N1CCN(CCN(C)C)CC1)C(c1ccc(C)cc1)C(C)c1ccc(P)cc1.C=O. The van der Waals surface area contributed by atoms with E-state index in [9.17, 15) is 13.6 Å². The summed E-state index contributed by atoms with van der Waals surface area (Å²) in [6.45, 7) is 24.2. The van der Waals surface area contributed by atoms with Gasteiger partial charge in [0.15, 0.2) is 0 Å². The van der Waals surface area contributed by atoms with Gasteiger partial charge in [0.25, 0.3) is 5.92 Å². The van der Waals surface area contributed by atoms with Crippen LogP contribution in [0.5, 0.6) is 5.75 Å². The van der Waals surface area contributed by atoms with E-state index < -0.39 is 12.0 Å². The zero-order valence-electron chi connectivity index (χ0n) is 30.6. The predicted molar refractivity (Wildman–Crippen MR) is 207 cm³/mol. The number of amides is 2. The number of urea groups is 1. The minimum Gasteiger partial charge on any atom is -0.493 e. The van der Waals surface area contributed by atoms with Crippen molar-refractivity contribution < 1.29 is 23.1 Å². The molecule has 3 aromatic carbocycles. The Bertz CT molecular complexity index is 1500. The number of aryl methyl sites for hydroxylation is 1. The lowest BCUT2D eigenvalue weighted by Gasteiger charge is -2.43. The lowest BCUT2D eigenvalue weighted by Crippen LogP contribution is -2.54. The summed E-state index contributed by atoms with van der Waals surface area (Å²) in [5, 5.41) is 1.07. The molecule has 50 heavy (non-hydrogen) atoms. The smallest absolute Gasteiger partial charge is 0.325 e. The summed E-state index contributed by atoms with van der Waals surface area (Å²) < 4.78 is 34.8. The molecule has 4 rings (SSSR count). The molecule has 3 aromatic rings. The molecule has 0 aliphatic carbocycles. The van der Waals surface area contributed by atoms with Crippen molar-refractivity contribution in [3.05, 3.63) is 114 Å². The topological polar surface area (TPSA) is 56.3 Å². The van der Waals surface area contributed by atoms with Crippen LogP contribution < -0.4 is 10.0 Å². The van der Waals surface area contributed by atoms with Gasteiger partial charge in [-0.3, -0.25) is 9.80 Å². The first-order valence-electron chi connectivity index (χ1n) is 16.8. The number of piperazine rings is 1. The molecule has 1 aliphatic rings. The van der Waals surface area contributed by atoms with Crippen LogP contribution in [0.2, 0.25) is 0 Å². The first-order valence-corrected chi connectivity index (χ1v) is 17.4. The number of nitrogens with zero attached hydrogens (tertiary/aromatic N) is 4. The zero-order chi connectivity index (χ0) is 37.6. The summed E-state index contributed by atoms with van der Waals surface area (Å²) >= 11 is 0. The molecule has 0 spiro atoms. The molecular formula is C40H55F2N4O3P. The van der Waals surface area contributed by atoms with E-state index in [-0.39, 0.29) is 29.9 Å². The molecule has 10 heteroatoms. The monoisotopic (exact) mass is 708 g/mol. The van der Waals surface area contributed by atoms with Crippen LogP contribution in [0, 0.1) is 6.92 Å². The van der Waals surface area contributed by atoms with E-state index in [0.29, 0.717) is 24.4 Å². The number of hydrogen-bond donors (Lipinski definition) is 0. The average Bonchev–Trinajstić information content (AvgIpc) is 3.11. The van der Waals surface area contributed by atoms with Gasteiger partial charge in [-0.25, -0.2) is 13.6 Å². The van der Waals surface area contributed by atoms with E-state index >= 15 is 0 Å². The third-order valence-electron chi connectivity index (χ3n) is 8.74. The maximum Gasteiger partial charge on any atom is 0.325 e. The van der Waals surface area contributed by atoms with E-state index in [1.54, 1.807) is 11.0 Å². The fourth-order valence-corrected chi connectivity index (χ4v) is 6.10. The number of rotatable bonds is 12. The van der Waals surface area contributed by atoms with Crippen LogP contribution in [0.3, 0.4) is 0 Å². The van der Waals surface area contributed by atoms with Crippen molar-refractivity contribution >= 4 is 33.1 Å². The number of alkyl halides is 2. The van der Waals surface area contributed by atoms with E-state index in [1.165, 1.54) is 12.1 Å². The fourth-order valence-electron chi connectivity index (χ4n) is 5.90. The highest BCUT2D eigenvalue weighted by Gasteiger charge is 2.37. The van der Waals surface area contributed by atoms with Crippen LogP contribution in [0.1, 0.15) is 60.5 Å². The van der Waals surface area contributed by atoms with Gasteiger partial charge in [-0.1, -0.05) is 73.7 Å². The molecule has 1 heterocycles. The molecule has 0 aromatic heterocycles. The summed E-state index contributed by atoms with van der Waals surface area (Å²) in [4.78, 5) is 31.1. The summed E-state index contributed by atoms with van der Waals surface area (Å²) in [6.07, 6.45) is 0. The van der Waals surface area contributed by atoms with E-state index in [0.717, 1.165) is 55.1 Å². The summed E-state index contributed by atoms with van der Waals surface area (Å²) in [7, 11) is 6.85. The molecule has 272 valence electrons. The minimum atomic E-state index is -3.05. The second-order valence-corrected chi connectivity index (χ2v) is 13.2. The van der Waals surface area contributed by atoms with E-state index in [1.807, 2.05) is 37.7 Å². The minimum absolute atomic E-state index is 0.134. The van der Waals surface area contributed by atoms with Gasteiger partial charge >= 0.3 is 6.03 Å². The molecule has 0 radical (unpaired) electrons. The van der Waals surface area contributed by atoms with Gasteiger partial charge < -0.3 is 19.3 Å². The molecule has 1 fully saturated rings. The summed E-state index contributed by atoms with van der Waals surface area (Å²) in [6, 6.07) is 20.3. The third-order valence-corrected chi connectivity index (χ3v) is 9.12. The van der Waals surface area contributed by atoms with Gasteiger partial charge in [0.1, 0.15) is 12.5 Å². The van der Waals surface area contributed by atoms with Crippen molar-refractivity contribution in [1.29, 1.82) is 0 Å². The molecule has 3 unspecified atom stereocenters. The first-order chi connectivity index (χ1) is 23.8. The van der Waals surface area contributed by atoms with E-state index in [4.69, 9.17) is 9.53 Å². The summed E-state index contributed by atoms with van der Waals surface area (Å²) in [5.74, 6) is -2.90. The average molecular weight is 709 g/mol. The van der Waals surface area contributed by atoms with Crippen LogP contribution in [-0.2, 0) is 10.7 Å². The lowest BCUT2D eigenvalue weighted by molar-refractivity contribution is -0.0980. The highest BCUT2D eigenvalue weighted by Crippen LogP contribution is 2.43. The molecule has 0 saturated carbocycles. The van der Waals surface area contributed by atoms with E-state index in [2.05, 4.69) is 96.2 Å². The van der Waals surface area contributed by atoms with Crippen molar-refractivity contribution in [3.63, 3.8) is 0 Å². The Labute approximate surface area is 300 Å². The van der Waals surface area contributed by atoms with Gasteiger partial charge in [0.2, 0.25) is 0 Å². The quantitative estimate of drug-likeness (QED) is 0.142. The Kier molecular flexibility index (Phi) is 17.0. The Morgan fingerprint density at radius 1 is 0.960 bits per heavy atom. The summed E-state index contributed by atoms with van der Waals surface area (Å²) in [5.41, 5.74) is 3.92. The molecule has 0 N–H and O–H groups in total. The number of likely N-dealkylation sites (N-methyl/N-ethyl adjacent to an activating group) is 1. The third kappa shape index (κ3) is 11.3. The highest BCUT2D eigenvalue weighted by molar-refractivity contribution is 7.27. The number of halogens is 2. The second kappa shape index (κ2) is 20.1. The second-order valence-electron chi connectivity index (χ2n) is 12.6. The van der Waals surface area contributed by atoms with Gasteiger partial charge in [0.05, 0.1) is 12.6 Å². The van der Waals surface area contributed by atoms with Crippen LogP contribution in [0.25, 0.3) is 5.70 Å². The van der Waals surface area contributed by atoms with Gasteiger partial charge in [-0.2, -0.15) is 0 Å². The van der Waals surface area contributed by atoms with Crippen molar-refractivity contribution in [1.82, 2.24) is 19.6 Å². The van der Waals surface area contributed by atoms with Gasteiger partial charge in [-0.05, 0) is 56.5 Å². The van der Waals surface area contributed by atoms with Gasteiger partial charge in [-0.15, -0.1) is 22.4 Å². The molecule has 7 nitrogen and oxygen atoms in total. The largest absolute Gasteiger partial charge is 0.493 e. The number of carbonyl (C=O) groups is 2. The van der Waals surface area contributed by atoms with Crippen LogP contribution >= 0.6 is 9.24 Å². The highest BCUT2D eigenvalue weighted by atomic mass is 31.0. The number of ether oxygens (including phenoxy) is 1. The normalized spacial score (nSPS) is 14.4. The van der Waals surface area contributed by atoms with Crippen LogP contribution in [0.15, 0.2) is 86.5 Å². The van der Waals surface area contributed by atoms with Crippen LogP contribution in [-0.4, -0.2) is 92.4 Å². The number of hydrogen-bond acceptors (Lipinski definition) is 5. The van der Waals surface area contributed by atoms with Crippen molar-refractivity contribution in [2.24, 2.45) is 0 Å². The Hall–Kier alpha value is -3.91. The van der Waals surface area contributed by atoms with Gasteiger partial charge in [0, 0.05) is 68.9 Å². The Morgan fingerprint density at radius 3 is 2.04 bits per heavy atom. The van der Waals surface area contributed by atoms with Crippen LogP contribution in [0.4, 0.5) is 13.6 Å². The predicted octanol–water partition coefficient (Wildman–Crippen LogP) is 7.74. The van der Waals surface area contributed by atoms with Crippen molar-refractivity contribution in [2.45, 2.75) is 45.6 Å². The number of carbonyl (C=O) groups excluding carboxylic acids is 2. The molecule has 3 atom stereocenters. The molecule has 0 bridgehead atoms. The fraction of sp³-hybridized carbons (Fsp3) is 0.400. The standard InChI is InChI=1S/C37H49F2N4O2P.C2H4.CH2O/c1-8-45-34-25-31(37(5,38)39)15-18-33(34)28(4)43(36(44)42-23-21-41(22-24-42)20-19-40(6)7)35(30-11-9-26(2)10-12-30)27(3)29-13-16-32(46)17-14-29;2*1-2/h9-18,25,27,35H,4,8,19-24,46H2,1-3,5-7H3;1-2H2;1H2. The molecule has 2 amide bonds. The Morgan fingerprint density at radius 2 is 1.52 bits per heavy atom. The zero-order valence-corrected chi connectivity index (χ0v) is 31.8. The molecule has 1 aliphatic heterocycles. The van der Waals surface area contributed by atoms with Crippen molar-refractivity contribution in [2.75, 3.05) is 60.0 Å². The van der Waals surface area contributed by atoms with Crippen molar-refractivity contribution in [3.8, 4) is 5.75 Å². The maximum absolute atomic E-state index is 14.9. The molecule has 1 saturated heterocycles. The Balaban J connectivity index is 0.00000209.